The summed E-state index contributed by atoms with van der Waals surface area (Å²) in [5.41, 5.74) is 0.0793. The van der Waals surface area contributed by atoms with Crippen LogP contribution >= 0.6 is 0 Å². The second kappa shape index (κ2) is 7.31. The summed E-state index contributed by atoms with van der Waals surface area (Å²) in [6, 6.07) is 14.1. The molecule has 2 aromatic carbocycles. The lowest BCUT2D eigenvalue weighted by atomic mass is 9.91. The quantitative estimate of drug-likeness (QED) is 0.753. The van der Waals surface area contributed by atoms with Gasteiger partial charge in [-0.1, -0.05) is 24.3 Å². The van der Waals surface area contributed by atoms with Crippen molar-refractivity contribution in [2.24, 2.45) is 0 Å². The number of nitrogens with one attached hydrogen (secondary N) is 1. The van der Waals surface area contributed by atoms with E-state index in [2.05, 4.69) is 5.32 Å². The van der Waals surface area contributed by atoms with Gasteiger partial charge in [0, 0.05) is 14.1 Å². The number of carbonyl (C=O) groups excluding carboxylic acids is 2. The molecule has 0 spiro atoms. The molecule has 1 N–H and O–H groups in total. The van der Waals surface area contributed by atoms with Crippen LogP contribution in [0.5, 0.6) is 0 Å². The van der Waals surface area contributed by atoms with Crippen LogP contribution in [0, 0.1) is 11.3 Å². The van der Waals surface area contributed by atoms with E-state index in [0.717, 1.165) is 9.21 Å². The first-order valence-corrected chi connectivity index (χ1v) is 10.2. The van der Waals surface area contributed by atoms with Crippen molar-refractivity contribution in [3.05, 3.63) is 65.2 Å². The van der Waals surface area contributed by atoms with Crippen molar-refractivity contribution < 1.29 is 18.0 Å². The normalized spacial score (nSPS) is 19.3. The maximum Gasteiger partial charge on any atom is 0.325 e. The highest BCUT2D eigenvalue weighted by molar-refractivity contribution is 7.89. The molecule has 3 amide bonds. The van der Waals surface area contributed by atoms with Gasteiger partial charge in [-0.25, -0.2) is 17.5 Å². The lowest BCUT2D eigenvalue weighted by molar-refractivity contribution is -0.131. The molecule has 8 nitrogen and oxygen atoms in total. The number of benzene rings is 2. The molecule has 150 valence electrons. The zero-order valence-electron chi connectivity index (χ0n) is 16.2. The monoisotopic (exact) mass is 412 g/mol. The average Bonchev–Trinajstić information content (AvgIpc) is 2.92. The molecule has 0 radical (unpaired) electrons. The van der Waals surface area contributed by atoms with E-state index in [1.165, 1.54) is 26.2 Å². The van der Waals surface area contributed by atoms with Crippen LogP contribution in [-0.4, -0.2) is 43.7 Å². The maximum atomic E-state index is 13.1. The lowest BCUT2D eigenvalue weighted by Crippen LogP contribution is -2.40. The Morgan fingerprint density at radius 1 is 1.14 bits per heavy atom. The van der Waals surface area contributed by atoms with Crippen molar-refractivity contribution in [2.45, 2.75) is 23.9 Å². The number of hydrogen-bond donors (Lipinski definition) is 1. The molecule has 0 aliphatic carbocycles. The number of carbonyl (C=O) groups is 2. The molecule has 2 aromatic rings. The summed E-state index contributed by atoms with van der Waals surface area (Å²) in [6.07, 6.45) is 0. The van der Waals surface area contributed by atoms with Crippen LogP contribution in [-0.2, 0) is 26.9 Å². The van der Waals surface area contributed by atoms with Crippen molar-refractivity contribution in [3.8, 4) is 6.07 Å². The molecule has 1 atom stereocenters. The zero-order valence-corrected chi connectivity index (χ0v) is 17.0. The van der Waals surface area contributed by atoms with Crippen LogP contribution in [0.3, 0.4) is 0 Å². The topological polar surface area (TPSA) is 111 Å². The maximum absolute atomic E-state index is 13.1. The summed E-state index contributed by atoms with van der Waals surface area (Å²) >= 11 is 0. The van der Waals surface area contributed by atoms with E-state index in [1.54, 1.807) is 43.3 Å². The molecule has 0 bridgehead atoms. The number of hydrogen-bond acceptors (Lipinski definition) is 5. The Hall–Kier alpha value is -3.22. The van der Waals surface area contributed by atoms with Gasteiger partial charge in [0.25, 0.3) is 5.91 Å². The van der Waals surface area contributed by atoms with Crippen LogP contribution in [0.1, 0.15) is 23.6 Å². The second-order valence-electron chi connectivity index (χ2n) is 7.07. The van der Waals surface area contributed by atoms with Crippen molar-refractivity contribution in [2.75, 3.05) is 14.1 Å². The number of sulfonamides is 1. The van der Waals surface area contributed by atoms with Gasteiger partial charge in [0.2, 0.25) is 10.0 Å². The van der Waals surface area contributed by atoms with Crippen molar-refractivity contribution in [1.82, 2.24) is 14.5 Å². The third-order valence-corrected chi connectivity index (χ3v) is 6.67. The fourth-order valence-corrected chi connectivity index (χ4v) is 4.11. The third kappa shape index (κ3) is 3.60. The Bertz CT molecular complexity index is 1140. The first-order valence-electron chi connectivity index (χ1n) is 8.76. The molecule has 1 heterocycles. The van der Waals surface area contributed by atoms with Crippen molar-refractivity contribution >= 4 is 22.0 Å². The summed E-state index contributed by atoms with van der Waals surface area (Å²) in [5.74, 6) is -0.474. The molecule has 1 aliphatic heterocycles. The Morgan fingerprint density at radius 2 is 1.83 bits per heavy atom. The van der Waals surface area contributed by atoms with Crippen LogP contribution in [0.25, 0.3) is 0 Å². The van der Waals surface area contributed by atoms with Crippen molar-refractivity contribution in [3.63, 3.8) is 0 Å². The number of imide groups is 1. The van der Waals surface area contributed by atoms with E-state index >= 15 is 0 Å². The predicted octanol–water partition coefficient (Wildman–Crippen LogP) is 1.78. The number of nitriles is 1. The minimum atomic E-state index is -3.63. The molecule has 29 heavy (non-hydrogen) atoms. The number of amides is 3. The molecule has 1 fully saturated rings. The Kier molecular flexibility index (Phi) is 5.17. The molecule has 1 saturated heterocycles. The van der Waals surface area contributed by atoms with E-state index in [0.29, 0.717) is 16.7 Å². The first kappa shape index (κ1) is 20.5. The Labute approximate surface area is 169 Å². The Morgan fingerprint density at radius 3 is 2.48 bits per heavy atom. The highest BCUT2D eigenvalue weighted by Gasteiger charge is 2.49. The van der Waals surface area contributed by atoms with E-state index in [4.69, 9.17) is 5.26 Å². The van der Waals surface area contributed by atoms with Gasteiger partial charge >= 0.3 is 6.03 Å². The van der Waals surface area contributed by atoms with E-state index in [9.17, 15) is 18.0 Å². The highest BCUT2D eigenvalue weighted by atomic mass is 32.2. The van der Waals surface area contributed by atoms with E-state index in [-0.39, 0.29) is 11.4 Å². The van der Waals surface area contributed by atoms with Gasteiger partial charge in [-0.15, -0.1) is 0 Å². The summed E-state index contributed by atoms with van der Waals surface area (Å²) in [7, 11) is -0.773. The number of rotatable bonds is 5. The molecule has 1 aliphatic rings. The number of urea groups is 1. The van der Waals surface area contributed by atoms with Crippen molar-refractivity contribution in [1.29, 1.82) is 5.26 Å². The minimum absolute atomic E-state index is 0.0744. The van der Waals surface area contributed by atoms with Crippen LogP contribution in [0.2, 0.25) is 0 Å². The highest BCUT2D eigenvalue weighted by Crippen LogP contribution is 2.30. The van der Waals surface area contributed by atoms with Crippen LogP contribution < -0.4 is 5.32 Å². The summed E-state index contributed by atoms with van der Waals surface area (Å²) in [4.78, 5) is 26.7. The molecule has 9 heteroatoms. The van der Waals surface area contributed by atoms with Gasteiger partial charge in [-0.3, -0.25) is 9.69 Å². The first-order chi connectivity index (χ1) is 13.6. The van der Waals surface area contributed by atoms with Gasteiger partial charge in [-0.2, -0.15) is 5.26 Å². The SMILES string of the molecule is CN(C)S(=O)(=O)c1cccc(CN2C(=O)NC(C)(c3cccc(C#N)c3)C2=O)c1. The van der Waals surface area contributed by atoms with Gasteiger partial charge in [-0.05, 0) is 42.3 Å². The minimum Gasteiger partial charge on any atom is -0.319 e. The molecule has 1 unspecified atom stereocenters. The van der Waals surface area contributed by atoms with E-state index in [1.807, 2.05) is 6.07 Å². The van der Waals surface area contributed by atoms with Crippen LogP contribution in [0.4, 0.5) is 4.79 Å². The smallest absolute Gasteiger partial charge is 0.319 e. The largest absolute Gasteiger partial charge is 0.325 e. The molecular weight excluding hydrogens is 392 g/mol. The molecule has 3 rings (SSSR count). The standard InChI is InChI=1S/C20H20N4O4S/c1-20(16-8-4-6-14(10-16)12-21)18(25)24(19(26)22-20)13-15-7-5-9-17(11-15)29(27,28)23(2)3/h4-11H,13H2,1-3H3,(H,22,26). The van der Waals surface area contributed by atoms with E-state index < -0.39 is 27.5 Å². The predicted molar refractivity (Wildman–Crippen MR) is 105 cm³/mol. The summed E-state index contributed by atoms with van der Waals surface area (Å²) < 4.78 is 25.8. The Balaban J connectivity index is 1.91. The third-order valence-electron chi connectivity index (χ3n) is 4.86. The molecule has 0 saturated carbocycles. The number of nitrogens with zero attached hydrogens (tertiary/aromatic N) is 3. The summed E-state index contributed by atoms with van der Waals surface area (Å²) in [5, 5.41) is 11.8. The fourth-order valence-electron chi connectivity index (χ4n) is 3.13. The molecular formula is C20H20N4O4S. The van der Waals surface area contributed by atoms with Crippen LogP contribution in [0.15, 0.2) is 53.4 Å². The van der Waals surface area contributed by atoms with Gasteiger partial charge in [0.1, 0.15) is 5.54 Å². The van der Waals surface area contributed by atoms with Gasteiger partial charge in [0.05, 0.1) is 23.1 Å². The lowest BCUT2D eigenvalue weighted by Gasteiger charge is -2.22. The average molecular weight is 412 g/mol. The fraction of sp³-hybridized carbons (Fsp3) is 0.250. The summed E-state index contributed by atoms with van der Waals surface area (Å²) in [6.45, 7) is 1.51. The van der Waals surface area contributed by atoms with Gasteiger partial charge < -0.3 is 5.32 Å². The molecule has 0 aromatic heterocycles. The van der Waals surface area contributed by atoms with Gasteiger partial charge in [0.15, 0.2) is 0 Å². The zero-order chi connectivity index (χ0) is 21.4. The second-order valence-corrected chi connectivity index (χ2v) is 9.23.